The number of aliphatic hydroxyl groups is 1. The summed E-state index contributed by atoms with van der Waals surface area (Å²) in [5.41, 5.74) is -1.35. The number of carbonyl (C=O) groups excluding carboxylic acids is 1. The summed E-state index contributed by atoms with van der Waals surface area (Å²) in [5, 5.41) is 17.2. The molecule has 0 bridgehead atoms. The summed E-state index contributed by atoms with van der Waals surface area (Å²) in [6.45, 7) is 6.92. The van der Waals surface area contributed by atoms with Crippen LogP contribution in [0.15, 0.2) is 30.7 Å². The van der Waals surface area contributed by atoms with Gasteiger partial charge in [0.2, 0.25) is 0 Å². The predicted molar refractivity (Wildman–Crippen MR) is 80.4 cm³/mol. The highest BCUT2D eigenvalue weighted by Gasteiger charge is 2.37. The van der Waals surface area contributed by atoms with Crippen molar-refractivity contribution in [1.82, 2.24) is 19.7 Å². The lowest BCUT2D eigenvalue weighted by Gasteiger charge is -2.37. The number of aryl methyl sites for hydroxylation is 1. The van der Waals surface area contributed by atoms with Crippen LogP contribution >= 0.6 is 0 Å². The van der Waals surface area contributed by atoms with Gasteiger partial charge >= 0.3 is 0 Å². The van der Waals surface area contributed by atoms with Gasteiger partial charge in [0.25, 0.3) is 5.91 Å². The van der Waals surface area contributed by atoms with Crippen LogP contribution < -0.4 is 5.32 Å². The van der Waals surface area contributed by atoms with Crippen molar-refractivity contribution in [3.05, 3.63) is 36.3 Å². The Labute approximate surface area is 124 Å². The molecule has 0 unspecified atom stereocenters. The number of aromatic nitrogens is 3. The predicted octanol–water partition coefficient (Wildman–Crippen LogP) is 1.49. The third kappa shape index (κ3) is 2.85. The molecule has 2 N–H and O–H groups in total. The molecule has 2 aromatic rings. The van der Waals surface area contributed by atoms with E-state index in [2.05, 4.69) is 10.4 Å². The quantitative estimate of drug-likeness (QED) is 0.896. The zero-order chi connectivity index (χ0) is 15.8. The molecule has 0 spiro atoms. The van der Waals surface area contributed by atoms with Gasteiger partial charge in [-0.3, -0.25) is 9.48 Å². The lowest BCUT2D eigenvalue weighted by atomic mass is 9.86. The molecular formula is C15H22N4O2. The minimum Gasteiger partial charge on any atom is -0.388 e. The van der Waals surface area contributed by atoms with Crippen molar-refractivity contribution in [3.8, 4) is 5.82 Å². The molecule has 0 saturated carbocycles. The maximum atomic E-state index is 12.5. The zero-order valence-corrected chi connectivity index (χ0v) is 13.1. The van der Waals surface area contributed by atoms with Crippen LogP contribution in [-0.4, -0.2) is 36.5 Å². The number of hydrogen-bond acceptors (Lipinski definition) is 3. The standard InChI is InChI=1S/C15H22N4O2/c1-14(2,15(3,4)21)17-12(20)11-10-16-18(5)13(11)19-8-6-7-9-19/h6-10,21H,1-5H3,(H,17,20). The first-order valence-corrected chi connectivity index (χ1v) is 6.84. The Hall–Kier alpha value is -2.08. The van der Waals surface area contributed by atoms with Crippen molar-refractivity contribution in [1.29, 1.82) is 0 Å². The molecule has 2 heterocycles. The number of nitrogens with one attached hydrogen (secondary N) is 1. The third-order valence-electron chi connectivity index (χ3n) is 3.96. The molecule has 0 atom stereocenters. The molecule has 1 amide bonds. The van der Waals surface area contributed by atoms with Gasteiger partial charge in [0.1, 0.15) is 11.4 Å². The average molecular weight is 290 g/mol. The van der Waals surface area contributed by atoms with Crippen molar-refractivity contribution in [2.24, 2.45) is 7.05 Å². The Bertz CT molecular complexity index is 633. The SMILES string of the molecule is Cn1ncc(C(=O)NC(C)(C)C(C)(C)O)c1-n1cccc1. The average Bonchev–Trinajstić information content (AvgIpc) is 2.94. The van der Waals surface area contributed by atoms with Crippen molar-refractivity contribution in [2.75, 3.05) is 0 Å². The fourth-order valence-electron chi connectivity index (χ4n) is 1.88. The number of nitrogens with zero attached hydrogens (tertiary/aromatic N) is 3. The number of carbonyl (C=O) groups is 1. The van der Waals surface area contributed by atoms with Crippen molar-refractivity contribution >= 4 is 5.91 Å². The summed E-state index contributed by atoms with van der Waals surface area (Å²) in [5.74, 6) is 0.419. The fraction of sp³-hybridized carbons (Fsp3) is 0.467. The van der Waals surface area contributed by atoms with Crippen LogP contribution in [0.4, 0.5) is 0 Å². The molecule has 21 heavy (non-hydrogen) atoms. The van der Waals surface area contributed by atoms with E-state index in [4.69, 9.17) is 0 Å². The van der Waals surface area contributed by atoms with Crippen LogP contribution in [0.5, 0.6) is 0 Å². The third-order valence-corrected chi connectivity index (χ3v) is 3.96. The second-order valence-electron chi connectivity index (χ2n) is 6.23. The Balaban J connectivity index is 2.34. The summed E-state index contributed by atoms with van der Waals surface area (Å²) in [4.78, 5) is 12.5. The second-order valence-corrected chi connectivity index (χ2v) is 6.23. The van der Waals surface area contributed by atoms with Gasteiger partial charge in [-0.05, 0) is 39.8 Å². The van der Waals surface area contributed by atoms with Gasteiger partial charge in [-0.1, -0.05) is 0 Å². The molecule has 0 aliphatic carbocycles. The molecule has 6 heteroatoms. The lowest BCUT2D eigenvalue weighted by molar-refractivity contribution is -0.00293. The lowest BCUT2D eigenvalue weighted by Crippen LogP contribution is -2.57. The minimum absolute atomic E-state index is 0.265. The van der Waals surface area contributed by atoms with E-state index in [0.29, 0.717) is 11.4 Å². The Kier molecular flexibility index (Phi) is 3.67. The Morgan fingerprint density at radius 2 is 1.81 bits per heavy atom. The van der Waals surface area contributed by atoms with E-state index in [1.165, 1.54) is 6.20 Å². The fourth-order valence-corrected chi connectivity index (χ4v) is 1.88. The van der Waals surface area contributed by atoms with E-state index in [9.17, 15) is 9.90 Å². The first-order chi connectivity index (χ1) is 9.63. The van der Waals surface area contributed by atoms with Gasteiger partial charge in [0.05, 0.1) is 17.3 Å². The summed E-state index contributed by atoms with van der Waals surface area (Å²) in [7, 11) is 1.78. The summed E-state index contributed by atoms with van der Waals surface area (Å²) < 4.78 is 3.48. The first-order valence-electron chi connectivity index (χ1n) is 6.84. The zero-order valence-electron chi connectivity index (χ0n) is 13.1. The monoisotopic (exact) mass is 290 g/mol. The molecule has 2 aromatic heterocycles. The molecule has 0 aliphatic heterocycles. The molecule has 2 rings (SSSR count). The molecule has 6 nitrogen and oxygen atoms in total. The van der Waals surface area contributed by atoms with E-state index in [0.717, 1.165) is 0 Å². The van der Waals surface area contributed by atoms with E-state index in [1.54, 1.807) is 39.4 Å². The molecule has 0 aromatic carbocycles. The smallest absolute Gasteiger partial charge is 0.257 e. The van der Waals surface area contributed by atoms with Gasteiger partial charge in [-0.25, -0.2) is 0 Å². The number of amides is 1. The van der Waals surface area contributed by atoms with E-state index in [-0.39, 0.29) is 5.91 Å². The highest BCUT2D eigenvalue weighted by molar-refractivity contribution is 5.97. The van der Waals surface area contributed by atoms with Gasteiger partial charge in [-0.15, -0.1) is 0 Å². The first kappa shape index (κ1) is 15.3. The summed E-state index contributed by atoms with van der Waals surface area (Å²) in [6, 6.07) is 3.77. The maximum absolute atomic E-state index is 12.5. The van der Waals surface area contributed by atoms with Gasteiger partial charge < -0.3 is 15.0 Å². The van der Waals surface area contributed by atoms with Gasteiger partial charge in [-0.2, -0.15) is 5.10 Å². The largest absolute Gasteiger partial charge is 0.388 e. The van der Waals surface area contributed by atoms with Crippen LogP contribution in [0.25, 0.3) is 5.82 Å². The van der Waals surface area contributed by atoms with Crippen LogP contribution in [0, 0.1) is 0 Å². The molecule has 0 aliphatic rings. The van der Waals surface area contributed by atoms with E-state index >= 15 is 0 Å². The number of rotatable bonds is 4. The van der Waals surface area contributed by atoms with Crippen LogP contribution in [0.1, 0.15) is 38.1 Å². The van der Waals surface area contributed by atoms with Gasteiger partial charge in [0.15, 0.2) is 0 Å². The number of hydrogen-bond donors (Lipinski definition) is 2. The van der Waals surface area contributed by atoms with Crippen LogP contribution in [-0.2, 0) is 7.05 Å². The Morgan fingerprint density at radius 3 is 2.33 bits per heavy atom. The van der Waals surface area contributed by atoms with Gasteiger partial charge in [0, 0.05) is 19.4 Å². The van der Waals surface area contributed by atoms with Crippen molar-refractivity contribution < 1.29 is 9.90 Å². The van der Waals surface area contributed by atoms with E-state index < -0.39 is 11.1 Å². The Morgan fingerprint density at radius 1 is 1.24 bits per heavy atom. The summed E-state index contributed by atoms with van der Waals surface area (Å²) >= 11 is 0. The molecular weight excluding hydrogens is 268 g/mol. The van der Waals surface area contributed by atoms with E-state index in [1.807, 2.05) is 29.1 Å². The second kappa shape index (κ2) is 5.04. The topological polar surface area (TPSA) is 72.1 Å². The minimum atomic E-state index is -1.04. The molecule has 0 fully saturated rings. The van der Waals surface area contributed by atoms with Crippen molar-refractivity contribution in [2.45, 2.75) is 38.8 Å². The normalized spacial score (nSPS) is 12.5. The molecule has 114 valence electrons. The molecule has 0 saturated heterocycles. The highest BCUT2D eigenvalue weighted by Crippen LogP contribution is 2.22. The maximum Gasteiger partial charge on any atom is 0.257 e. The van der Waals surface area contributed by atoms with Crippen LogP contribution in [0.3, 0.4) is 0 Å². The molecule has 0 radical (unpaired) electrons. The van der Waals surface area contributed by atoms with Crippen molar-refractivity contribution in [3.63, 3.8) is 0 Å². The summed E-state index contributed by atoms with van der Waals surface area (Å²) in [6.07, 6.45) is 5.24. The van der Waals surface area contributed by atoms with Crippen LogP contribution in [0.2, 0.25) is 0 Å². The highest BCUT2D eigenvalue weighted by atomic mass is 16.3.